The lowest BCUT2D eigenvalue weighted by molar-refractivity contribution is -0.388. The van der Waals surface area contributed by atoms with Gasteiger partial charge in [0.1, 0.15) is 11.9 Å². The molecular formula is C11H16N4O2. The van der Waals surface area contributed by atoms with Crippen LogP contribution in [0.2, 0.25) is 0 Å². The quantitative estimate of drug-likeness (QED) is 0.612. The molecule has 2 N–H and O–H groups in total. The molecule has 1 aliphatic carbocycles. The molecule has 0 aliphatic heterocycles. The fourth-order valence-corrected chi connectivity index (χ4v) is 2.13. The number of rotatable bonds is 5. The molecule has 0 bridgehead atoms. The normalized spacial score (nSPS) is 16.6. The van der Waals surface area contributed by atoms with Gasteiger partial charge in [-0.25, -0.2) is 0 Å². The fourth-order valence-electron chi connectivity index (χ4n) is 2.13. The Balaban J connectivity index is 2.28. The lowest BCUT2D eigenvalue weighted by Gasteiger charge is -2.28. The summed E-state index contributed by atoms with van der Waals surface area (Å²) in [4.78, 5) is 16.2. The molecule has 1 fully saturated rings. The molecule has 0 amide bonds. The molecule has 0 saturated heterocycles. The van der Waals surface area contributed by atoms with E-state index in [0.29, 0.717) is 18.2 Å². The first-order valence-electron chi connectivity index (χ1n) is 5.67. The summed E-state index contributed by atoms with van der Waals surface area (Å²) in [6.45, 7) is 0.507. The minimum atomic E-state index is -0.452. The van der Waals surface area contributed by atoms with Crippen LogP contribution in [0, 0.1) is 16.0 Å². The summed E-state index contributed by atoms with van der Waals surface area (Å²) in [6.07, 6.45) is 3.74. The zero-order valence-corrected chi connectivity index (χ0v) is 9.74. The molecule has 2 rings (SSSR count). The summed E-state index contributed by atoms with van der Waals surface area (Å²) in [5, 5.41) is 10.9. The largest absolute Gasteiger partial charge is 0.387 e. The minimum Gasteiger partial charge on any atom is -0.363 e. The number of hydrogen-bond donors (Lipinski definition) is 1. The highest BCUT2D eigenvalue weighted by molar-refractivity contribution is 5.59. The average molecular weight is 236 g/mol. The van der Waals surface area contributed by atoms with Crippen molar-refractivity contribution in [2.75, 3.05) is 18.5 Å². The Morgan fingerprint density at radius 3 is 2.94 bits per heavy atom. The molecule has 1 heterocycles. The van der Waals surface area contributed by atoms with E-state index in [-0.39, 0.29) is 11.9 Å². The van der Waals surface area contributed by atoms with Crippen LogP contribution in [0.5, 0.6) is 0 Å². The summed E-state index contributed by atoms with van der Waals surface area (Å²) in [5.41, 5.74) is 6.29. The van der Waals surface area contributed by atoms with Crippen LogP contribution in [0.1, 0.15) is 12.8 Å². The van der Waals surface area contributed by atoms with Crippen LogP contribution in [-0.2, 0) is 0 Å². The molecule has 6 nitrogen and oxygen atoms in total. The second kappa shape index (κ2) is 4.67. The van der Waals surface area contributed by atoms with E-state index < -0.39 is 4.92 Å². The molecule has 1 saturated carbocycles. The number of nitrogens with two attached hydrogens (primary N) is 1. The zero-order chi connectivity index (χ0) is 12.4. The molecule has 0 spiro atoms. The maximum absolute atomic E-state index is 10.9. The molecule has 1 aromatic heterocycles. The Morgan fingerprint density at radius 2 is 2.41 bits per heavy atom. The molecule has 6 heteroatoms. The maximum atomic E-state index is 10.9. The molecule has 17 heavy (non-hydrogen) atoms. The van der Waals surface area contributed by atoms with Crippen molar-refractivity contribution in [2.45, 2.75) is 18.9 Å². The molecule has 1 aromatic rings. The van der Waals surface area contributed by atoms with Gasteiger partial charge in [-0.15, -0.1) is 0 Å². The highest BCUT2D eigenvalue weighted by Gasteiger charge is 2.35. The van der Waals surface area contributed by atoms with Gasteiger partial charge in [-0.2, -0.15) is 0 Å². The Morgan fingerprint density at radius 1 is 1.71 bits per heavy atom. The van der Waals surface area contributed by atoms with Crippen LogP contribution < -0.4 is 10.6 Å². The first-order chi connectivity index (χ1) is 8.15. The Labute approximate surface area is 99.6 Å². The molecule has 1 unspecified atom stereocenters. The summed E-state index contributed by atoms with van der Waals surface area (Å²) in [5.74, 6) is 0.457. The molecule has 1 aliphatic rings. The first-order valence-corrected chi connectivity index (χ1v) is 5.67. The van der Waals surface area contributed by atoms with Gasteiger partial charge in [0.15, 0.2) is 0 Å². The average Bonchev–Trinajstić information content (AvgIpc) is 3.14. The topological polar surface area (TPSA) is 85.3 Å². The van der Waals surface area contributed by atoms with E-state index in [1.54, 1.807) is 12.1 Å². The van der Waals surface area contributed by atoms with Crippen LogP contribution in [0.15, 0.2) is 18.3 Å². The fraction of sp³-hybridized carbons (Fsp3) is 0.545. The summed E-state index contributed by atoms with van der Waals surface area (Å²) in [6, 6.07) is 3.59. The maximum Gasteiger partial charge on any atom is 0.387 e. The Bertz CT molecular complexity index is 420. The lowest BCUT2D eigenvalue weighted by Crippen LogP contribution is -2.40. The third-order valence-corrected chi connectivity index (χ3v) is 3.22. The van der Waals surface area contributed by atoms with Gasteiger partial charge in [0.05, 0.1) is 0 Å². The second-order valence-corrected chi connectivity index (χ2v) is 4.35. The first kappa shape index (κ1) is 11.8. The predicted octanol–water partition coefficient (Wildman–Crippen LogP) is 1.16. The second-order valence-electron chi connectivity index (χ2n) is 4.35. The number of nitrogens with zero attached hydrogens (tertiary/aromatic N) is 3. The van der Waals surface area contributed by atoms with Crippen molar-refractivity contribution in [2.24, 2.45) is 11.7 Å². The third-order valence-electron chi connectivity index (χ3n) is 3.22. The van der Waals surface area contributed by atoms with E-state index in [2.05, 4.69) is 4.98 Å². The summed E-state index contributed by atoms with van der Waals surface area (Å²) >= 11 is 0. The predicted molar refractivity (Wildman–Crippen MR) is 64.9 cm³/mol. The van der Waals surface area contributed by atoms with E-state index >= 15 is 0 Å². The number of nitro groups is 1. The van der Waals surface area contributed by atoms with Gasteiger partial charge in [0, 0.05) is 19.6 Å². The minimum absolute atomic E-state index is 0.103. The van der Waals surface area contributed by atoms with Gasteiger partial charge in [-0.1, -0.05) is 0 Å². The van der Waals surface area contributed by atoms with Crippen molar-refractivity contribution >= 4 is 11.5 Å². The van der Waals surface area contributed by atoms with Crippen molar-refractivity contribution in [3.63, 3.8) is 0 Å². The van der Waals surface area contributed by atoms with Gasteiger partial charge in [0.25, 0.3) is 0 Å². The monoisotopic (exact) mass is 236 g/mol. The Kier molecular flexibility index (Phi) is 3.23. The van der Waals surface area contributed by atoms with Gasteiger partial charge in [-0.3, -0.25) is 0 Å². The standard InChI is InChI=1S/C11H16N4O2/c1-14(10(7-12)8-4-5-8)9-3-2-6-13-11(9)15(16)17/h2-3,6,8,10H,4-5,7,12H2,1H3. The lowest BCUT2D eigenvalue weighted by atomic mass is 10.1. The van der Waals surface area contributed by atoms with Crippen LogP contribution in [0.4, 0.5) is 11.5 Å². The van der Waals surface area contributed by atoms with E-state index in [4.69, 9.17) is 5.73 Å². The number of hydrogen-bond acceptors (Lipinski definition) is 5. The van der Waals surface area contributed by atoms with Crippen molar-refractivity contribution in [1.82, 2.24) is 4.98 Å². The zero-order valence-electron chi connectivity index (χ0n) is 9.74. The van der Waals surface area contributed by atoms with Gasteiger partial charge >= 0.3 is 5.82 Å². The van der Waals surface area contributed by atoms with Gasteiger partial charge < -0.3 is 20.7 Å². The molecule has 0 aromatic carbocycles. The van der Waals surface area contributed by atoms with Crippen molar-refractivity contribution < 1.29 is 4.92 Å². The highest BCUT2D eigenvalue weighted by atomic mass is 16.6. The highest BCUT2D eigenvalue weighted by Crippen LogP contribution is 2.37. The number of pyridine rings is 1. The SMILES string of the molecule is CN(c1cccnc1[N+](=O)[O-])C(CN)C1CC1. The van der Waals surface area contributed by atoms with Crippen LogP contribution in [0.3, 0.4) is 0 Å². The van der Waals surface area contributed by atoms with Crippen LogP contribution in [0.25, 0.3) is 0 Å². The van der Waals surface area contributed by atoms with Crippen molar-refractivity contribution in [3.8, 4) is 0 Å². The van der Waals surface area contributed by atoms with Gasteiger partial charge in [-0.05, 0) is 40.8 Å². The van der Waals surface area contributed by atoms with Crippen LogP contribution >= 0.6 is 0 Å². The smallest absolute Gasteiger partial charge is 0.363 e. The van der Waals surface area contributed by atoms with E-state index in [0.717, 1.165) is 12.8 Å². The molecule has 0 radical (unpaired) electrons. The van der Waals surface area contributed by atoms with Crippen LogP contribution in [-0.4, -0.2) is 29.5 Å². The van der Waals surface area contributed by atoms with Gasteiger partial charge in [0.2, 0.25) is 0 Å². The number of anilines is 1. The molecule has 1 atom stereocenters. The summed E-state index contributed by atoms with van der Waals surface area (Å²) < 4.78 is 0. The summed E-state index contributed by atoms with van der Waals surface area (Å²) in [7, 11) is 1.85. The van der Waals surface area contributed by atoms with E-state index in [1.165, 1.54) is 6.20 Å². The third kappa shape index (κ3) is 2.36. The molecular weight excluding hydrogens is 220 g/mol. The van der Waals surface area contributed by atoms with Crippen molar-refractivity contribution in [1.29, 1.82) is 0 Å². The molecule has 92 valence electrons. The van der Waals surface area contributed by atoms with E-state index in [1.807, 2.05) is 11.9 Å². The number of aromatic nitrogens is 1. The van der Waals surface area contributed by atoms with E-state index in [9.17, 15) is 10.1 Å². The Hall–Kier alpha value is -1.69. The van der Waals surface area contributed by atoms with Crippen molar-refractivity contribution in [3.05, 3.63) is 28.4 Å². The number of likely N-dealkylation sites (N-methyl/N-ethyl adjacent to an activating group) is 1.